The molecule has 2 heterocycles. The summed E-state index contributed by atoms with van der Waals surface area (Å²) in [6.07, 6.45) is 0. The summed E-state index contributed by atoms with van der Waals surface area (Å²) in [7, 11) is 0. The maximum Gasteiger partial charge on any atom is 0.327 e. The molecule has 7 heteroatoms. The molecule has 0 bridgehead atoms. The van der Waals surface area contributed by atoms with Crippen molar-refractivity contribution in [1.29, 1.82) is 0 Å². The minimum Gasteiger partial charge on any atom is -0.398 e. The van der Waals surface area contributed by atoms with E-state index in [-0.39, 0.29) is 16.7 Å². The molecule has 0 saturated carbocycles. The van der Waals surface area contributed by atoms with E-state index >= 15 is 0 Å². The monoisotopic (exact) mass is 194 g/mol. The van der Waals surface area contributed by atoms with Crippen LogP contribution in [0.3, 0.4) is 0 Å². The lowest BCUT2D eigenvalue weighted by molar-refractivity contribution is 1.06. The van der Waals surface area contributed by atoms with Crippen LogP contribution >= 0.6 is 0 Å². The molecule has 0 amide bonds. The standard InChI is InChI=1S/C7H6N4O3/c8-2-1-3(12)9-5-4(2)6(13)11-7(14)10-5/h1H,(H5,8,9,10,11,12,13,14). The zero-order chi connectivity index (χ0) is 10.3. The van der Waals surface area contributed by atoms with Crippen molar-refractivity contribution in [3.63, 3.8) is 0 Å². The molecule has 0 aliphatic heterocycles. The summed E-state index contributed by atoms with van der Waals surface area (Å²) in [6.45, 7) is 0. The molecule has 0 atom stereocenters. The highest BCUT2D eigenvalue weighted by Crippen LogP contribution is 2.06. The van der Waals surface area contributed by atoms with Gasteiger partial charge in [-0.25, -0.2) is 4.79 Å². The topological polar surface area (TPSA) is 125 Å². The fraction of sp³-hybridized carbons (Fsp3) is 0. The molecule has 0 aliphatic carbocycles. The summed E-state index contributed by atoms with van der Waals surface area (Å²) < 4.78 is 0. The first-order chi connectivity index (χ1) is 6.58. The van der Waals surface area contributed by atoms with Gasteiger partial charge in [-0.2, -0.15) is 0 Å². The number of H-pyrrole nitrogens is 3. The van der Waals surface area contributed by atoms with Gasteiger partial charge in [0, 0.05) is 6.07 Å². The molecule has 5 N–H and O–H groups in total. The van der Waals surface area contributed by atoms with Gasteiger partial charge in [-0.1, -0.05) is 0 Å². The highest BCUT2D eigenvalue weighted by atomic mass is 16.2. The van der Waals surface area contributed by atoms with Crippen molar-refractivity contribution in [2.24, 2.45) is 0 Å². The van der Waals surface area contributed by atoms with Gasteiger partial charge in [-0.3, -0.25) is 19.6 Å². The fourth-order valence-corrected chi connectivity index (χ4v) is 1.23. The van der Waals surface area contributed by atoms with E-state index in [0.717, 1.165) is 6.07 Å². The Morgan fingerprint density at radius 2 is 1.79 bits per heavy atom. The lowest BCUT2D eigenvalue weighted by Crippen LogP contribution is -2.25. The SMILES string of the molecule is Nc1cc(=O)[nH]c2[nH]c(=O)[nH]c(=O)c12. The van der Waals surface area contributed by atoms with Crippen LogP contribution in [-0.4, -0.2) is 15.0 Å². The number of rotatable bonds is 0. The Hall–Kier alpha value is -2.31. The van der Waals surface area contributed by atoms with Crippen LogP contribution in [0.15, 0.2) is 20.4 Å². The summed E-state index contributed by atoms with van der Waals surface area (Å²) in [5, 5.41) is 0.0733. The van der Waals surface area contributed by atoms with Crippen LogP contribution in [-0.2, 0) is 0 Å². The summed E-state index contributed by atoms with van der Waals surface area (Å²) in [5.41, 5.74) is 3.71. The maximum absolute atomic E-state index is 11.3. The van der Waals surface area contributed by atoms with Gasteiger partial charge in [0.2, 0.25) is 0 Å². The van der Waals surface area contributed by atoms with Gasteiger partial charge < -0.3 is 10.7 Å². The van der Waals surface area contributed by atoms with Gasteiger partial charge in [0.15, 0.2) is 0 Å². The average molecular weight is 194 g/mol. The zero-order valence-electron chi connectivity index (χ0n) is 6.88. The number of anilines is 1. The third-order valence-electron chi connectivity index (χ3n) is 1.77. The third kappa shape index (κ3) is 1.11. The smallest absolute Gasteiger partial charge is 0.327 e. The number of hydrogen-bond donors (Lipinski definition) is 4. The Morgan fingerprint density at radius 3 is 2.50 bits per heavy atom. The van der Waals surface area contributed by atoms with Gasteiger partial charge in [0.05, 0.1) is 5.69 Å². The van der Waals surface area contributed by atoms with Gasteiger partial charge in [0.1, 0.15) is 11.0 Å². The number of nitrogens with two attached hydrogens (primary N) is 1. The van der Waals surface area contributed by atoms with Crippen LogP contribution in [0.4, 0.5) is 5.69 Å². The molecule has 0 fully saturated rings. The fourth-order valence-electron chi connectivity index (χ4n) is 1.23. The maximum atomic E-state index is 11.3. The Kier molecular flexibility index (Phi) is 1.53. The van der Waals surface area contributed by atoms with Crippen LogP contribution < -0.4 is 22.5 Å². The van der Waals surface area contributed by atoms with Crippen molar-refractivity contribution < 1.29 is 0 Å². The minimum atomic E-state index is -0.691. The molecule has 14 heavy (non-hydrogen) atoms. The van der Waals surface area contributed by atoms with Gasteiger partial charge >= 0.3 is 5.69 Å². The van der Waals surface area contributed by atoms with Gasteiger partial charge in [-0.15, -0.1) is 0 Å². The Balaban J connectivity index is 3.18. The van der Waals surface area contributed by atoms with Gasteiger partial charge in [-0.05, 0) is 0 Å². The number of fused-ring (bicyclic) bond motifs is 1. The van der Waals surface area contributed by atoms with Crippen LogP contribution in [0.1, 0.15) is 0 Å². The molecule has 0 aliphatic rings. The summed E-state index contributed by atoms with van der Waals surface area (Å²) in [6, 6.07) is 1.08. The first-order valence-electron chi connectivity index (χ1n) is 3.73. The molecule has 0 aromatic carbocycles. The van der Waals surface area contributed by atoms with E-state index in [0.29, 0.717) is 0 Å². The quantitative estimate of drug-likeness (QED) is 0.406. The van der Waals surface area contributed by atoms with E-state index in [9.17, 15) is 14.4 Å². The molecular weight excluding hydrogens is 188 g/mol. The number of nitrogen functional groups attached to an aromatic ring is 1. The third-order valence-corrected chi connectivity index (χ3v) is 1.77. The minimum absolute atomic E-state index is 0.0289. The van der Waals surface area contributed by atoms with Gasteiger partial charge in [0.25, 0.3) is 11.1 Å². The van der Waals surface area contributed by atoms with E-state index in [1.807, 2.05) is 4.98 Å². The first-order valence-corrected chi connectivity index (χ1v) is 3.73. The molecule has 2 aromatic rings. The molecule has 2 aromatic heterocycles. The van der Waals surface area contributed by atoms with Crippen molar-refractivity contribution in [1.82, 2.24) is 15.0 Å². The van der Waals surface area contributed by atoms with Crippen LogP contribution in [0.25, 0.3) is 11.0 Å². The molecule has 7 nitrogen and oxygen atoms in total. The number of nitrogens with one attached hydrogen (secondary N) is 3. The largest absolute Gasteiger partial charge is 0.398 e. The van der Waals surface area contributed by atoms with Crippen LogP contribution in [0.2, 0.25) is 0 Å². The second-order valence-electron chi connectivity index (χ2n) is 2.75. The van der Waals surface area contributed by atoms with E-state index in [2.05, 4.69) is 9.97 Å². The molecule has 0 unspecified atom stereocenters. The molecule has 0 saturated heterocycles. The van der Waals surface area contributed by atoms with Crippen LogP contribution in [0.5, 0.6) is 0 Å². The van der Waals surface area contributed by atoms with Crippen molar-refractivity contribution in [2.75, 3.05) is 5.73 Å². The second kappa shape index (κ2) is 2.59. The lowest BCUT2D eigenvalue weighted by Gasteiger charge is -1.98. The van der Waals surface area contributed by atoms with E-state index in [1.165, 1.54) is 0 Å². The van der Waals surface area contributed by atoms with Crippen molar-refractivity contribution in [3.05, 3.63) is 37.3 Å². The second-order valence-corrected chi connectivity index (χ2v) is 2.75. The number of aromatic amines is 3. The summed E-state index contributed by atoms with van der Waals surface area (Å²) in [5.74, 6) is 0. The normalized spacial score (nSPS) is 10.6. The summed E-state index contributed by atoms with van der Waals surface area (Å²) in [4.78, 5) is 39.6. The van der Waals surface area contributed by atoms with Crippen molar-refractivity contribution in [3.8, 4) is 0 Å². The number of hydrogen-bond acceptors (Lipinski definition) is 4. The first kappa shape index (κ1) is 8.30. The highest BCUT2D eigenvalue weighted by Gasteiger charge is 2.05. The lowest BCUT2D eigenvalue weighted by atomic mass is 10.3. The van der Waals surface area contributed by atoms with Crippen molar-refractivity contribution in [2.45, 2.75) is 0 Å². The Morgan fingerprint density at radius 1 is 1.07 bits per heavy atom. The number of aromatic nitrogens is 3. The predicted molar refractivity (Wildman–Crippen MR) is 50.2 cm³/mol. The molecular formula is C7H6N4O3. The average Bonchev–Trinajstić information content (AvgIpc) is 1.99. The zero-order valence-corrected chi connectivity index (χ0v) is 6.88. The Labute approximate surface area is 75.6 Å². The highest BCUT2D eigenvalue weighted by molar-refractivity contribution is 5.85. The Bertz CT molecular complexity index is 658. The predicted octanol–water partition coefficient (Wildman–Crippen LogP) is -1.51. The van der Waals surface area contributed by atoms with E-state index in [1.54, 1.807) is 0 Å². The summed E-state index contributed by atoms with van der Waals surface area (Å²) >= 11 is 0. The molecule has 72 valence electrons. The van der Waals surface area contributed by atoms with E-state index in [4.69, 9.17) is 5.73 Å². The van der Waals surface area contributed by atoms with E-state index < -0.39 is 16.8 Å². The van der Waals surface area contributed by atoms with Crippen molar-refractivity contribution >= 4 is 16.7 Å². The number of pyridine rings is 1. The van der Waals surface area contributed by atoms with Crippen LogP contribution in [0, 0.1) is 0 Å². The molecule has 0 spiro atoms. The molecule has 2 rings (SSSR count). The molecule has 0 radical (unpaired) electrons.